The molecule has 0 aromatic rings. The predicted molar refractivity (Wildman–Crippen MR) is 71.8 cm³/mol. The summed E-state index contributed by atoms with van der Waals surface area (Å²) in [6.45, 7) is 7.99. The second-order valence-electron chi connectivity index (χ2n) is 4.89. The number of thioether (sulfide) groups is 2. The van der Waals surface area contributed by atoms with E-state index in [1.54, 1.807) is 0 Å². The molecule has 2 aliphatic heterocycles. The lowest BCUT2D eigenvalue weighted by molar-refractivity contribution is 0.114. The summed E-state index contributed by atoms with van der Waals surface area (Å²) in [4.78, 5) is 2.68. The van der Waals surface area contributed by atoms with Crippen LogP contribution in [0.3, 0.4) is 0 Å². The van der Waals surface area contributed by atoms with Crippen molar-refractivity contribution < 1.29 is 0 Å². The molecule has 2 fully saturated rings. The quantitative estimate of drug-likeness (QED) is 0.802. The summed E-state index contributed by atoms with van der Waals surface area (Å²) in [5, 5.41) is 1.53. The van der Waals surface area contributed by atoms with Crippen LogP contribution in [0.2, 0.25) is 0 Å². The molecular weight excluding hydrogens is 224 g/mol. The minimum atomic E-state index is 0.328. The molecule has 0 bridgehead atoms. The Hall–Kier alpha value is 0.620. The summed E-state index contributed by atoms with van der Waals surface area (Å²) in [6.07, 6.45) is 1.29. The van der Waals surface area contributed by atoms with Crippen LogP contribution in [0, 0.1) is 0 Å². The zero-order valence-corrected chi connectivity index (χ0v) is 11.4. The zero-order valence-electron chi connectivity index (χ0n) is 9.74. The largest absolute Gasteiger partial charge is 0.329 e. The van der Waals surface area contributed by atoms with Crippen LogP contribution in [-0.2, 0) is 0 Å². The summed E-state index contributed by atoms with van der Waals surface area (Å²) in [5.41, 5.74) is 6.36. The molecule has 0 saturated carbocycles. The normalized spacial score (nSPS) is 43.4. The fourth-order valence-corrected chi connectivity index (χ4v) is 5.52. The Balaban J connectivity index is 2.07. The van der Waals surface area contributed by atoms with Gasteiger partial charge in [0, 0.05) is 41.4 Å². The Morgan fingerprint density at radius 3 is 2.47 bits per heavy atom. The molecule has 0 aliphatic carbocycles. The Morgan fingerprint density at radius 1 is 1.33 bits per heavy atom. The van der Waals surface area contributed by atoms with Crippen molar-refractivity contribution in [3.63, 3.8) is 0 Å². The lowest BCUT2D eigenvalue weighted by Crippen LogP contribution is -2.59. The topological polar surface area (TPSA) is 29.3 Å². The number of nitrogens with zero attached hydrogens (tertiary/aromatic N) is 1. The first-order valence-electron chi connectivity index (χ1n) is 5.84. The van der Waals surface area contributed by atoms with E-state index in [4.69, 9.17) is 5.73 Å². The van der Waals surface area contributed by atoms with Crippen LogP contribution < -0.4 is 5.73 Å². The van der Waals surface area contributed by atoms with Gasteiger partial charge in [0.05, 0.1) is 0 Å². The summed E-state index contributed by atoms with van der Waals surface area (Å²) in [6, 6.07) is 0. The van der Waals surface area contributed by atoms with E-state index in [1.165, 1.54) is 31.0 Å². The number of hydrogen-bond acceptors (Lipinski definition) is 4. The van der Waals surface area contributed by atoms with Gasteiger partial charge in [-0.25, -0.2) is 0 Å². The van der Waals surface area contributed by atoms with Crippen LogP contribution in [0.15, 0.2) is 0 Å². The van der Waals surface area contributed by atoms with Crippen LogP contribution in [0.4, 0.5) is 0 Å². The molecule has 2 rings (SSSR count). The lowest BCUT2D eigenvalue weighted by atomic mass is 9.95. The Labute approximate surface area is 102 Å². The summed E-state index contributed by atoms with van der Waals surface area (Å²) >= 11 is 4.20. The van der Waals surface area contributed by atoms with Crippen molar-refractivity contribution in [2.24, 2.45) is 5.73 Å². The Bertz CT molecular complexity index is 207. The van der Waals surface area contributed by atoms with Gasteiger partial charge in [0.1, 0.15) is 0 Å². The molecule has 2 saturated heterocycles. The SMILES string of the molecule is CC1CN(C2(CN)CCSC2)CC(C)S1. The lowest BCUT2D eigenvalue weighted by Gasteiger charge is -2.46. The van der Waals surface area contributed by atoms with Gasteiger partial charge in [-0.3, -0.25) is 4.90 Å². The number of hydrogen-bond donors (Lipinski definition) is 1. The molecule has 0 aromatic carbocycles. The highest BCUT2D eigenvalue weighted by Crippen LogP contribution is 2.37. The van der Waals surface area contributed by atoms with Crippen molar-refractivity contribution in [2.45, 2.75) is 36.3 Å². The van der Waals surface area contributed by atoms with E-state index in [0.717, 1.165) is 17.0 Å². The van der Waals surface area contributed by atoms with E-state index in [-0.39, 0.29) is 0 Å². The number of rotatable bonds is 2. The Kier molecular flexibility index (Phi) is 3.92. The van der Waals surface area contributed by atoms with Gasteiger partial charge in [-0.2, -0.15) is 23.5 Å². The summed E-state index contributed by atoms with van der Waals surface area (Å²) in [5.74, 6) is 2.54. The third kappa shape index (κ3) is 2.48. The maximum Gasteiger partial charge on any atom is 0.0430 e. The van der Waals surface area contributed by atoms with Crippen molar-refractivity contribution in [2.75, 3.05) is 31.1 Å². The molecule has 0 spiro atoms. The van der Waals surface area contributed by atoms with Crippen molar-refractivity contribution >= 4 is 23.5 Å². The third-order valence-corrected chi connectivity index (χ3v) is 6.01. The molecule has 2 heterocycles. The molecule has 2 N–H and O–H groups in total. The highest BCUT2D eigenvalue weighted by Gasteiger charge is 2.41. The van der Waals surface area contributed by atoms with Gasteiger partial charge in [-0.15, -0.1) is 0 Å². The molecule has 2 aliphatic rings. The van der Waals surface area contributed by atoms with E-state index >= 15 is 0 Å². The smallest absolute Gasteiger partial charge is 0.0430 e. The molecule has 2 nitrogen and oxygen atoms in total. The van der Waals surface area contributed by atoms with Crippen LogP contribution in [0.1, 0.15) is 20.3 Å². The van der Waals surface area contributed by atoms with Gasteiger partial charge in [0.25, 0.3) is 0 Å². The molecule has 3 atom stereocenters. The van der Waals surface area contributed by atoms with E-state index in [1.807, 2.05) is 0 Å². The monoisotopic (exact) mass is 246 g/mol. The third-order valence-electron chi connectivity index (χ3n) is 3.55. The molecule has 0 radical (unpaired) electrons. The van der Waals surface area contributed by atoms with Gasteiger partial charge in [-0.1, -0.05) is 13.8 Å². The minimum absolute atomic E-state index is 0.328. The van der Waals surface area contributed by atoms with Crippen LogP contribution in [0.25, 0.3) is 0 Å². The second-order valence-corrected chi connectivity index (χ2v) is 7.88. The molecular formula is C11H22N2S2. The van der Waals surface area contributed by atoms with Crippen LogP contribution >= 0.6 is 23.5 Å². The maximum absolute atomic E-state index is 6.03. The minimum Gasteiger partial charge on any atom is -0.329 e. The maximum atomic E-state index is 6.03. The van der Waals surface area contributed by atoms with Gasteiger partial charge in [0.15, 0.2) is 0 Å². The first-order valence-corrected chi connectivity index (χ1v) is 7.94. The predicted octanol–water partition coefficient (Wildman–Crippen LogP) is 1.65. The fraction of sp³-hybridized carbons (Fsp3) is 1.00. The molecule has 3 unspecified atom stereocenters. The standard InChI is InChI=1S/C11H22N2S2/c1-9-5-13(6-10(2)15-9)11(7-12)3-4-14-8-11/h9-10H,3-8,12H2,1-2H3. The van der Waals surface area contributed by atoms with Gasteiger partial charge in [0.2, 0.25) is 0 Å². The second kappa shape index (κ2) is 4.86. The fourth-order valence-electron chi connectivity index (χ4n) is 2.70. The Morgan fingerprint density at radius 2 is 2.00 bits per heavy atom. The van der Waals surface area contributed by atoms with Crippen LogP contribution in [0.5, 0.6) is 0 Å². The van der Waals surface area contributed by atoms with Crippen molar-refractivity contribution in [3.05, 3.63) is 0 Å². The van der Waals surface area contributed by atoms with E-state index in [0.29, 0.717) is 5.54 Å². The van der Waals surface area contributed by atoms with E-state index < -0.39 is 0 Å². The zero-order chi connectivity index (χ0) is 10.9. The molecule has 0 aromatic heterocycles. The first kappa shape index (κ1) is 12.1. The molecule has 0 amide bonds. The van der Waals surface area contributed by atoms with Gasteiger partial charge in [-0.05, 0) is 12.2 Å². The summed E-state index contributed by atoms with van der Waals surface area (Å²) in [7, 11) is 0. The molecule has 15 heavy (non-hydrogen) atoms. The first-order chi connectivity index (χ1) is 7.16. The molecule has 4 heteroatoms. The van der Waals surface area contributed by atoms with Crippen molar-refractivity contribution in [1.29, 1.82) is 0 Å². The highest BCUT2D eigenvalue weighted by molar-refractivity contribution is 8.00. The van der Waals surface area contributed by atoms with Gasteiger partial charge < -0.3 is 5.73 Å². The van der Waals surface area contributed by atoms with Crippen molar-refractivity contribution in [3.8, 4) is 0 Å². The van der Waals surface area contributed by atoms with E-state index in [9.17, 15) is 0 Å². The average Bonchev–Trinajstić information content (AvgIpc) is 2.65. The molecule has 88 valence electrons. The number of nitrogens with two attached hydrogens (primary N) is 1. The average molecular weight is 246 g/mol. The van der Waals surface area contributed by atoms with E-state index in [2.05, 4.69) is 42.3 Å². The van der Waals surface area contributed by atoms with Crippen LogP contribution in [-0.4, -0.2) is 52.1 Å². The van der Waals surface area contributed by atoms with Gasteiger partial charge >= 0.3 is 0 Å². The summed E-state index contributed by atoms with van der Waals surface area (Å²) < 4.78 is 0. The highest BCUT2D eigenvalue weighted by atomic mass is 32.2. The van der Waals surface area contributed by atoms with Crippen molar-refractivity contribution in [1.82, 2.24) is 4.90 Å².